The minimum atomic E-state index is -3.63. The summed E-state index contributed by atoms with van der Waals surface area (Å²) < 4.78 is 24.5. The van der Waals surface area contributed by atoms with Crippen LogP contribution in [0.4, 0.5) is 0 Å². The molecular formula is C14H16N2O2S. The Hall–Kier alpha value is -1.88. The molecule has 0 aromatic heterocycles. The standard InChI is InChI=1S/C14H16N2O2S/c1-3-11(2)15-16-19(17,18)14-10-6-8-12-7-4-5-9-13(12)14/h4-10,16H,3H2,1-2H3. The van der Waals surface area contributed by atoms with E-state index in [2.05, 4.69) is 9.93 Å². The van der Waals surface area contributed by atoms with Crippen molar-refractivity contribution in [3.63, 3.8) is 0 Å². The third-order valence-corrected chi connectivity index (χ3v) is 4.17. The van der Waals surface area contributed by atoms with Crippen molar-refractivity contribution in [2.75, 3.05) is 0 Å². The van der Waals surface area contributed by atoms with Crippen molar-refractivity contribution in [3.05, 3.63) is 42.5 Å². The second-order valence-corrected chi connectivity index (χ2v) is 5.90. The zero-order chi connectivity index (χ0) is 13.9. The Morgan fingerprint density at radius 3 is 2.58 bits per heavy atom. The van der Waals surface area contributed by atoms with Crippen LogP contribution in [0.3, 0.4) is 0 Å². The molecule has 0 spiro atoms. The summed E-state index contributed by atoms with van der Waals surface area (Å²) in [5, 5.41) is 5.46. The number of rotatable bonds is 4. The molecule has 0 aliphatic rings. The van der Waals surface area contributed by atoms with Crippen molar-refractivity contribution >= 4 is 26.5 Å². The first-order chi connectivity index (χ1) is 9.04. The maximum absolute atomic E-state index is 12.2. The predicted molar refractivity (Wildman–Crippen MR) is 77.7 cm³/mol. The highest BCUT2D eigenvalue weighted by molar-refractivity contribution is 7.89. The molecule has 2 aromatic rings. The average Bonchev–Trinajstić information content (AvgIpc) is 2.44. The molecule has 2 rings (SSSR count). The van der Waals surface area contributed by atoms with E-state index in [9.17, 15) is 8.42 Å². The molecule has 2 aromatic carbocycles. The van der Waals surface area contributed by atoms with E-state index in [0.29, 0.717) is 11.8 Å². The Labute approximate surface area is 113 Å². The van der Waals surface area contributed by atoms with Gasteiger partial charge in [0.05, 0.1) is 4.90 Å². The Morgan fingerprint density at radius 2 is 1.84 bits per heavy atom. The molecule has 0 amide bonds. The van der Waals surface area contributed by atoms with Crippen molar-refractivity contribution < 1.29 is 8.42 Å². The van der Waals surface area contributed by atoms with Crippen LogP contribution < -0.4 is 4.83 Å². The highest BCUT2D eigenvalue weighted by Gasteiger charge is 2.16. The number of nitrogens with one attached hydrogen (secondary N) is 1. The highest BCUT2D eigenvalue weighted by atomic mass is 32.2. The summed E-state index contributed by atoms with van der Waals surface area (Å²) in [6, 6.07) is 12.6. The van der Waals surface area contributed by atoms with E-state index in [1.807, 2.05) is 31.2 Å². The average molecular weight is 276 g/mol. The van der Waals surface area contributed by atoms with Crippen molar-refractivity contribution in [2.45, 2.75) is 25.2 Å². The first-order valence-electron chi connectivity index (χ1n) is 6.07. The third-order valence-electron chi connectivity index (χ3n) is 2.91. The van der Waals surface area contributed by atoms with Crippen LogP contribution in [0, 0.1) is 0 Å². The number of hydrazone groups is 1. The van der Waals surface area contributed by atoms with Crippen LogP contribution in [-0.4, -0.2) is 14.1 Å². The van der Waals surface area contributed by atoms with Crippen molar-refractivity contribution in [1.82, 2.24) is 4.83 Å². The number of hydrogen-bond acceptors (Lipinski definition) is 3. The number of fused-ring (bicyclic) bond motifs is 1. The molecule has 0 fully saturated rings. The number of benzene rings is 2. The lowest BCUT2D eigenvalue weighted by Gasteiger charge is -2.07. The van der Waals surface area contributed by atoms with E-state index in [4.69, 9.17) is 0 Å². The van der Waals surface area contributed by atoms with E-state index in [1.54, 1.807) is 25.1 Å². The van der Waals surface area contributed by atoms with Gasteiger partial charge >= 0.3 is 0 Å². The lowest BCUT2D eigenvalue weighted by Crippen LogP contribution is -2.19. The molecule has 19 heavy (non-hydrogen) atoms. The van der Waals surface area contributed by atoms with Gasteiger partial charge in [-0.1, -0.05) is 43.3 Å². The summed E-state index contributed by atoms with van der Waals surface area (Å²) in [5.74, 6) is 0. The molecule has 1 N–H and O–H groups in total. The number of nitrogens with zero attached hydrogens (tertiary/aromatic N) is 1. The Bertz CT molecular complexity index is 716. The third kappa shape index (κ3) is 2.93. The van der Waals surface area contributed by atoms with E-state index >= 15 is 0 Å². The van der Waals surface area contributed by atoms with Gasteiger partial charge in [0.2, 0.25) is 0 Å². The van der Waals surface area contributed by atoms with Crippen LogP contribution in [0.1, 0.15) is 20.3 Å². The fraction of sp³-hybridized carbons (Fsp3) is 0.214. The van der Waals surface area contributed by atoms with Gasteiger partial charge in [0.15, 0.2) is 0 Å². The second kappa shape index (κ2) is 5.40. The number of sulfonamides is 1. The van der Waals surface area contributed by atoms with Crippen molar-refractivity contribution in [1.29, 1.82) is 0 Å². The molecule has 0 saturated carbocycles. The summed E-state index contributed by atoms with van der Waals surface area (Å²) >= 11 is 0. The summed E-state index contributed by atoms with van der Waals surface area (Å²) in [5.41, 5.74) is 0.740. The molecule has 5 heteroatoms. The normalized spacial score (nSPS) is 12.6. The van der Waals surface area contributed by atoms with Gasteiger partial charge in [-0.15, -0.1) is 0 Å². The lowest BCUT2D eigenvalue weighted by molar-refractivity contribution is 0.585. The largest absolute Gasteiger partial charge is 0.277 e. The highest BCUT2D eigenvalue weighted by Crippen LogP contribution is 2.22. The molecule has 0 atom stereocenters. The van der Waals surface area contributed by atoms with Crippen molar-refractivity contribution in [2.24, 2.45) is 5.10 Å². The van der Waals surface area contributed by atoms with E-state index < -0.39 is 10.0 Å². The SMILES string of the molecule is CCC(C)=NNS(=O)(=O)c1cccc2ccccc12. The minimum Gasteiger partial charge on any atom is -0.200 e. The first kappa shape index (κ1) is 13.5. The molecule has 0 aliphatic carbocycles. The molecule has 0 radical (unpaired) electrons. The van der Waals surface area contributed by atoms with E-state index in [-0.39, 0.29) is 4.90 Å². The van der Waals surface area contributed by atoms with Crippen LogP contribution in [0.15, 0.2) is 52.5 Å². The quantitative estimate of drug-likeness (QED) is 0.689. The van der Waals surface area contributed by atoms with Gasteiger partial charge in [-0.2, -0.15) is 13.5 Å². The Morgan fingerprint density at radius 1 is 1.16 bits per heavy atom. The molecule has 0 saturated heterocycles. The summed E-state index contributed by atoms with van der Waals surface area (Å²) in [6.07, 6.45) is 0.706. The molecule has 0 unspecified atom stereocenters. The molecule has 4 nitrogen and oxygen atoms in total. The molecule has 0 heterocycles. The van der Waals surface area contributed by atoms with Crippen LogP contribution in [0.2, 0.25) is 0 Å². The van der Waals surface area contributed by atoms with Crippen LogP contribution in [-0.2, 0) is 10.0 Å². The van der Waals surface area contributed by atoms with Gasteiger partial charge in [0.25, 0.3) is 10.0 Å². The maximum Gasteiger partial charge on any atom is 0.277 e. The monoisotopic (exact) mass is 276 g/mol. The predicted octanol–water partition coefficient (Wildman–Crippen LogP) is 2.90. The van der Waals surface area contributed by atoms with Gasteiger partial charge in [0, 0.05) is 11.1 Å². The Kier molecular flexibility index (Phi) is 3.85. The lowest BCUT2D eigenvalue weighted by atomic mass is 10.1. The van der Waals surface area contributed by atoms with E-state index in [0.717, 1.165) is 11.1 Å². The van der Waals surface area contributed by atoms with Crippen LogP contribution in [0.25, 0.3) is 10.8 Å². The fourth-order valence-electron chi connectivity index (χ4n) is 1.70. The molecule has 100 valence electrons. The van der Waals surface area contributed by atoms with Gasteiger partial charge in [-0.25, -0.2) is 4.83 Å². The topological polar surface area (TPSA) is 58.5 Å². The van der Waals surface area contributed by atoms with Crippen LogP contribution >= 0.6 is 0 Å². The molecule has 0 bridgehead atoms. The smallest absolute Gasteiger partial charge is 0.200 e. The van der Waals surface area contributed by atoms with Gasteiger partial charge < -0.3 is 0 Å². The zero-order valence-corrected chi connectivity index (χ0v) is 11.7. The van der Waals surface area contributed by atoms with E-state index in [1.165, 1.54) is 0 Å². The first-order valence-corrected chi connectivity index (χ1v) is 7.55. The zero-order valence-electron chi connectivity index (χ0n) is 10.9. The van der Waals surface area contributed by atoms with Gasteiger partial charge in [0.1, 0.15) is 0 Å². The maximum atomic E-state index is 12.2. The second-order valence-electron chi connectivity index (χ2n) is 4.27. The molecule has 0 aliphatic heterocycles. The van der Waals surface area contributed by atoms with Gasteiger partial charge in [-0.05, 0) is 24.8 Å². The number of hydrogen-bond donors (Lipinski definition) is 1. The Balaban J connectivity index is 2.49. The summed E-state index contributed by atoms with van der Waals surface area (Å²) in [4.78, 5) is 2.53. The minimum absolute atomic E-state index is 0.248. The van der Waals surface area contributed by atoms with Gasteiger partial charge in [-0.3, -0.25) is 0 Å². The summed E-state index contributed by atoms with van der Waals surface area (Å²) in [7, 11) is -3.63. The van der Waals surface area contributed by atoms with Crippen molar-refractivity contribution in [3.8, 4) is 0 Å². The fourth-order valence-corrected chi connectivity index (χ4v) is 2.80. The van der Waals surface area contributed by atoms with Crippen LogP contribution in [0.5, 0.6) is 0 Å². The molecular weight excluding hydrogens is 260 g/mol. The summed E-state index contributed by atoms with van der Waals surface area (Å²) in [6.45, 7) is 3.71.